The molecule has 2 aromatic heterocycles. The van der Waals surface area contributed by atoms with Gasteiger partial charge in [0, 0.05) is 23.0 Å². The van der Waals surface area contributed by atoms with Gasteiger partial charge in [-0.05, 0) is 38.5 Å². The molecule has 9 nitrogen and oxygen atoms in total. The number of fused-ring (bicyclic) bond motifs is 1. The monoisotopic (exact) mass is 414 g/mol. The fourth-order valence-electron chi connectivity index (χ4n) is 3.50. The molecule has 0 saturated heterocycles. The number of ether oxygens (including phenoxy) is 3. The van der Waals surface area contributed by atoms with Crippen LogP contribution in [0.1, 0.15) is 35.5 Å². The van der Waals surface area contributed by atoms with Crippen molar-refractivity contribution in [2.75, 3.05) is 21.3 Å². The molecule has 160 valence electrons. The Morgan fingerprint density at radius 3 is 2.33 bits per heavy atom. The molecular formula is C21H26N4O5. The van der Waals surface area contributed by atoms with E-state index in [4.69, 9.17) is 14.2 Å². The normalized spacial score (nSPS) is 11.9. The summed E-state index contributed by atoms with van der Waals surface area (Å²) in [6.07, 6.45) is 0.135. The molecule has 0 aliphatic rings. The van der Waals surface area contributed by atoms with Gasteiger partial charge in [-0.15, -0.1) is 0 Å². The predicted octanol–water partition coefficient (Wildman–Crippen LogP) is 2.09. The Kier molecular flexibility index (Phi) is 6.00. The van der Waals surface area contributed by atoms with E-state index in [9.17, 15) is 9.59 Å². The van der Waals surface area contributed by atoms with Crippen LogP contribution in [0.15, 0.2) is 23.0 Å². The summed E-state index contributed by atoms with van der Waals surface area (Å²) in [4.78, 5) is 28.8. The van der Waals surface area contributed by atoms with Gasteiger partial charge in [0.25, 0.3) is 5.56 Å². The molecule has 3 aromatic rings. The number of carbonyl (C=O) groups excluding carboxylic acids is 1. The lowest BCUT2D eigenvalue weighted by Gasteiger charge is -2.19. The first-order valence-electron chi connectivity index (χ1n) is 9.46. The first-order valence-corrected chi connectivity index (χ1v) is 9.46. The van der Waals surface area contributed by atoms with Crippen LogP contribution >= 0.6 is 0 Å². The minimum atomic E-state index is -0.296. The van der Waals surface area contributed by atoms with Crippen molar-refractivity contribution < 1.29 is 19.0 Å². The largest absolute Gasteiger partial charge is 0.493 e. The number of carbonyl (C=O) groups is 1. The molecule has 0 saturated carbocycles. The Hall–Kier alpha value is -3.49. The number of H-pyrrole nitrogens is 1. The molecule has 1 aromatic carbocycles. The zero-order valence-corrected chi connectivity index (χ0v) is 18.0. The molecular weight excluding hydrogens is 388 g/mol. The van der Waals surface area contributed by atoms with E-state index < -0.39 is 0 Å². The Labute approximate surface area is 174 Å². The quantitative estimate of drug-likeness (QED) is 0.613. The number of amides is 1. The number of aromatic nitrogens is 3. The number of aryl methyl sites for hydroxylation is 2. The van der Waals surface area contributed by atoms with Crippen LogP contribution in [-0.2, 0) is 11.2 Å². The number of methoxy groups -OCH3 is 3. The lowest BCUT2D eigenvalue weighted by Crippen LogP contribution is -2.29. The van der Waals surface area contributed by atoms with Gasteiger partial charge in [0.05, 0.1) is 33.8 Å². The summed E-state index contributed by atoms with van der Waals surface area (Å²) in [5.74, 6) is 1.36. The number of hydrogen-bond acceptors (Lipinski definition) is 6. The topological polar surface area (TPSA) is 107 Å². The number of hydrogen-bond donors (Lipinski definition) is 2. The second-order valence-electron chi connectivity index (χ2n) is 7.00. The summed E-state index contributed by atoms with van der Waals surface area (Å²) in [5, 5.41) is 5.69. The zero-order valence-electron chi connectivity index (χ0n) is 18.0. The molecule has 1 unspecified atom stereocenters. The Morgan fingerprint density at radius 1 is 1.13 bits per heavy atom. The highest BCUT2D eigenvalue weighted by Gasteiger charge is 2.19. The van der Waals surface area contributed by atoms with E-state index in [1.165, 1.54) is 6.07 Å². The maximum atomic E-state index is 12.8. The highest BCUT2D eigenvalue weighted by atomic mass is 16.5. The average Bonchev–Trinajstić information content (AvgIpc) is 3.09. The van der Waals surface area contributed by atoms with Crippen LogP contribution in [0.4, 0.5) is 0 Å². The predicted molar refractivity (Wildman–Crippen MR) is 112 cm³/mol. The van der Waals surface area contributed by atoms with E-state index in [-0.39, 0.29) is 23.9 Å². The molecule has 0 radical (unpaired) electrons. The van der Waals surface area contributed by atoms with Crippen LogP contribution in [0.25, 0.3) is 5.65 Å². The highest BCUT2D eigenvalue weighted by Crippen LogP contribution is 2.39. The van der Waals surface area contributed by atoms with Crippen LogP contribution in [0, 0.1) is 13.8 Å². The van der Waals surface area contributed by atoms with Gasteiger partial charge in [-0.1, -0.05) is 0 Å². The Bertz CT molecular complexity index is 1120. The van der Waals surface area contributed by atoms with Crippen LogP contribution in [0.5, 0.6) is 17.2 Å². The van der Waals surface area contributed by atoms with Gasteiger partial charge in [-0.3, -0.25) is 14.7 Å². The zero-order chi connectivity index (χ0) is 22.0. The summed E-state index contributed by atoms with van der Waals surface area (Å²) in [7, 11) is 4.63. The van der Waals surface area contributed by atoms with Crippen molar-refractivity contribution in [1.82, 2.24) is 19.9 Å². The SMILES string of the molecule is COc1cc(C(C)NC(=O)Cc2c(C)nc3cc(=O)[nH]n3c2C)cc(OC)c1OC. The van der Waals surface area contributed by atoms with E-state index in [0.29, 0.717) is 28.6 Å². The number of aromatic amines is 1. The fourth-order valence-corrected chi connectivity index (χ4v) is 3.50. The molecule has 0 bridgehead atoms. The molecule has 1 amide bonds. The minimum Gasteiger partial charge on any atom is -0.493 e. The minimum absolute atomic E-state index is 0.135. The molecule has 30 heavy (non-hydrogen) atoms. The second-order valence-corrected chi connectivity index (χ2v) is 7.00. The number of nitrogens with one attached hydrogen (secondary N) is 2. The third kappa shape index (κ3) is 3.96. The van der Waals surface area contributed by atoms with E-state index in [1.54, 1.807) is 38.0 Å². The Morgan fingerprint density at radius 2 is 1.77 bits per heavy atom. The Balaban J connectivity index is 1.83. The number of benzene rings is 1. The van der Waals surface area contributed by atoms with Gasteiger partial charge in [-0.25, -0.2) is 9.50 Å². The summed E-state index contributed by atoms with van der Waals surface area (Å²) in [5.41, 5.74) is 3.36. The maximum Gasteiger partial charge on any atom is 0.266 e. The highest BCUT2D eigenvalue weighted by molar-refractivity contribution is 5.79. The van der Waals surface area contributed by atoms with Gasteiger partial charge < -0.3 is 19.5 Å². The van der Waals surface area contributed by atoms with Crippen LogP contribution < -0.4 is 25.1 Å². The summed E-state index contributed by atoms with van der Waals surface area (Å²) in [6, 6.07) is 4.74. The average molecular weight is 414 g/mol. The van der Waals surface area contributed by atoms with Crippen LogP contribution in [0.3, 0.4) is 0 Å². The van der Waals surface area contributed by atoms with E-state index in [0.717, 1.165) is 16.8 Å². The third-order valence-corrected chi connectivity index (χ3v) is 5.10. The second kappa shape index (κ2) is 8.48. The summed E-state index contributed by atoms with van der Waals surface area (Å²) >= 11 is 0. The fraction of sp³-hybridized carbons (Fsp3) is 0.381. The lowest BCUT2D eigenvalue weighted by molar-refractivity contribution is -0.121. The first kappa shape index (κ1) is 21.2. The lowest BCUT2D eigenvalue weighted by atomic mass is 10.0. The van der Waals surface area contributed by atoms with Gasteiger partial charge in [0.1, 0.15) is 0 Å². The smallest absolute Gasteiger partial charge is 0.266 e. The van der Waals surface area contributed by atoms with Gasteiger partial charge in [0.15, 0.2) is 17.1 Å². The van der Waals surface area contributed by atoms with Crippen LogP contribution in [0.2, 0.25) is 0 Å². The maximum absolute atomic E-state index is 12.8. The molecule has 0 aliphatic carbocycles. The van der Waals surface area contributed by atoms with Crippen molar-refractivity contribution in [3.05, 3.63) is 51.1 Å². The van der Waals surface area contributed by atoms with Gasteiger partial charge >= 0.3 is 0 Å². The van der Waals surface area contributed by atoms with Crippen molar-refractivity contribution in [3.8, 4) is 17.2 Å². The van der Waals surface area contributed by atoms with Crippen molar-refractivity contribution in [3.63, 3.8) is 0 Å². The molecule has 2 heterocycles. The van der Waals surface area contributed by atoms with Crippen molar-refractivity contribution in [1.29, 1.82) is 0 Å². The molecule has 1 atom stereocenters. The van der Waals surface area contributed by atoms with Crippen molar-refractivity contribution in [2.45, 2.75) is 33.2 Å². The summed E-state index contributed by atoms with van der Waals surface area (Å²) in [6.45, 7) is 5.56. The van der Waals surface area contributed by atoms with E-state index >= 15 is 0 Å². The third-order valence-electron chi connectivity index (χ3n) is 5.10. The van der Waals surface area contributed by atoms with Crippen molar-refractivity contribution in [2.24, 2.45) is 0 Å². The van der Waals surface area contributed by atoms with E-state index in [2.05, 4.69) is 15.4 Å². The molecule has 0 fully saturated rings. The van der Waals surface area contributed by atoms with Gasteiger partial charge in [0.2, 0.25) is 11.7 Å². The van der Waals surface area contributed by atoms with Crippen LogP contribution in [-0.4, -0.2) is 41.8 Å². The molecule has 0 spiro atoms. The number of rotatable bonds is 7. The molecule has 2 N–H and O–H groups in total. The molecule has 0 aliphatic heterocycles. The molecule has 3 rings (SSSR count). The summed E-state index contributed by atoms with van der Waals surface area (Å²) < 4.78 is 17.7. The molecule has 9 heteroatoms. The van der Waals surface area contributed by atoms with E-state index in [1.807, 2.05) is 20.8 Å². The number of nitrogens with zero attached hydrogens (tertiary/aromatic N) is 2. The first-order chi connectivity index (χ1) is 14.3. The van der Waals surface area contributed by atoms with Gasteiger partial charge in [-0.2, -0.15) is 0 Å². The van der Waals surface area contributed by atoms with Crippen molar-refractivity contribution >= 4 is 11.6 Å². The standard InChI is InChI=1S/C21H26N4O5/c1-11(14-7-16(28-4)21(30-6)17(8-14)29-5)23-19(26)9-15-12(2)22-18-10-20(27)24-25(18)13(15)3/h7-8,10-11H,9H2,1-6H3,(H,23,26)(H,24,27).